The molecule has 10 heteroatoms. The maximum Gasteiger partial charge on any atom is 0.473 e. The van der Waals surface area contributed by atoms with Gasteiger partial charge in [0.05, 0.1) is 47.4 Å². The van der Waals surface area contributed by atoms with E-state index in [9.17, 15) is 19.0 Å². The third kappa shape index (κ3) is 14.3. The lowest BCUT2D eigenvalue weighted by Crippen LogP contribution is -2.52. The molecule has 0 amide bonds. The number of phosphoric ester groups is 1. The van der Waals surface area contributed by atoms with Crippen molar-refractivity contribution in [1.29, 1.82) is 0 Å². The number of hydrogen-bond donors (Lipinski definition) is 1. The summed E-state index contributed by atoms with van der Waals surface area (Å²) in [7, 11) is 1.58. The molecule has 0 aromatic heterocycles. The number of carbonyl (C=O) groups is 2. The molecule has 9 nitrogen and oxygen atoms in total. The first-order valence-corrected chi connectivity index (χ1v) is 13.8. The van der Waals surface area contributed by atoms with E-state index in [1.54, 1.807) is 6.92 Å². The Bertz CT molecular complexity index is 666. The summed E-state index contributed by atoms with van der Waals surface area (Å²) in [4.78, 5) is 33.2. The number of ether oxygens (including phenoxy) is 1. The molecule has 0 aliphatic heterocycles. The fourth-order valence-corrected chi connectivity index (χ4v) is 5.01. The van der Waals surface area contributed by atoms with Crippen LogP contribution in [0.15, 0.2) is 12.2 Å². The Kier molecular flexibility index (Phi) is 15.3. The van der Waals surface area contributed by atoms with Gasteiger partial charge in [0.2, 0.25) is 0 Å². The minimum Gasteiger partial charge on any atom is -0.462 e. The molecule has 3 unspecified atom stereocenters. The molecule has 0 saturated heterocycles. The monoisotopic (exact) mass is 508 g/mol. The predicted molar refractivity (Wildman–Crippen MR) is 134 cm³/mol. The number of likely N-dealkylation sites (N-methyl/N-ethyl adjacent to an activating group) is 2. The Morgan fingerprint density at radius 3 is 2.03 bits per heavy atom. The predicted octanol–water partition coefficient (Wildman–Crippen LogP) is 3.71. The van der Waals surface area contributed by atoms with E-state index < -0.39 is 26.0 Å². The Morgan fingerprint density at radius 2 is 1.56 bits per heavy atom. The van der Waals surface area contributed by atoms with Crippen molar-refractivity contribution < 1.29 is 41.8 Å². The fourth-order valence-electron chi connectivity index (χ4n) is 3.88. The SMILES string of the molecule is C=C(C)C(=O)OCCCCCC(C[N+](C)(C)C)OP(=O)(O)OC(CC=O)C[N+](CC)(CC)CC. The first kappa shape index (κ1) is 32.9. The zero-order chi connectivity index (χ0) is 26.4. The van der Waals surface area contributed by atoms with Gasteiger partial charge < -0.3 is 23.4 Å². The van der Waals surface area contributed by atoms with Gasteiger partial charge in [-0.25, -0.2) is 9.36 Å². The maximum atomic E-state index is 12.9. The molecular weight excluding hydrogens is 459 g/mol. The summed E-state index contributed by atoms with van der Waals surface area (Å²) in [6.07, 6.45) is 2.37. The Hall–Kier alpha value is -1.09. The number of nitrogens with zero attached hydrogens (tertiary/aromatic N) is 2. The van der Waals surface area contributed by atoms with Crippen LogP contribution >= 0.6 is 7.82 Å². The van der Waals surface area contributed by atoms with Crippen molar-refractivity contribution in [3.8, 4) is 0 Å². The zero-order valence-corrected chi connectivity index (χ0v) is 23.4. The highest BCUT2D eigenvalue weighted by atomic mass is 31.2. The van der Waals surface area contributed by atoms with Crippen molar-refractivity contribution in [2.24, 2.45) is 0 Å². The van der Waals surface area contributed by atoms with Gasteiger partial charge in [0.15, 0.2) is 0 Å². The molecule has 34 heavy (non-hydrogen) atoms. The van der Waals surface area contributed by atoms with Gasteiger partial charge in [0.1, 0.15) is 31.6 Å². The number of esters is 1. The Morgan fingerprint density at radius 1 is 1.00 bits per heavy atom. The van der Waals surface area contributed by atoms with E-state index in [-0.39, 0.29) is 6.42 Å². The molecule has 0 saturated carbocycles. The van der Waals surface area contributed by atoms with Gasteiger partial charge in [0, 0.05) is 12.0 Å². The van der Waals surface area contributed by atoms with Crippen molar-refractivity contribution in [2.75, 3.05) is 60.5 Å². The first-order chi connectivity index (χ1) is 15.7. The molecular formula is C24H49N2O7P+2. The number of phosphoric acid groups is 1. The van der Waals surface area contributed by atoms with Crippen LogP contribution in [0.2, 0.25) is 0 Å². The number of aldehydes is 1. The standard InChI is InChI=1S/C24H48N2O7P/c1-9-26(10-2,11-3)20-23(16-17-27)33-34(29,30)32-22(19-25(6,7)8)15-13-12-14-18-31-24(28)21(4)5/h17,22-23H,4,9-16,18-20H2,1-3,5-8H3/q+1/p+1. The molecule has 1 N–H and O–H groups in total. The van der Waals surface area contributed by atoms with Crippen LogP contribution in [0.3, 0.4) is 0 Å². The number of carbonyl (C=O) groups excluding carboxylic acids is 2. The van der Waals surface area contributed by atoms with E-state index in [1.807, 2.05) is 21.1 Å². The van der Waals surface area contributed by atoms with E-state index in [0.29, 0.717) is 47.1 Å². The van der Waals surface area contributed by atoms with Gasteiger partial charge in [0.25, 0.3) is 0 Å². The van der Waals surface area contributed by atoms with Gasteiger partial charge in [-0.05, 0) is 47.0 Å². The van der Waals surface area contributed by atoms with Gasteiger partial charge in [-0.2, -0.15) is 0 Å². The van der Waals surface area contributed by atoms with E-state index in [0.717, 1.165) is 38.8 Å². The van der Waals surface area contributed by atoms with Crippen LogP contribution in [0, 0.1) is 0 Å². The third-order valence-corrected chi connectivity index (χ3v) is 7.16. The quantitative estimate of drug-likeness (QED) is 0.0668. The van der Waals surface area contributed by atoms with Crippen molar-refractivity contribution >= 4 is 20.1 Å². The highest BCUT2D eigenvalue weighted by Crippen LogP contribution is 2.47. The summed E-state index contributed by atoms with van der Waals surface area (Å²) in [6, 6.07) is 0. The largest absolute Gasteiger partial charge is 0.473 e. The average Bonchev–Trinajstić information content (AvgIpc) is 2.72. The van der Waals surface area contributed by atoms with Crippen LogP contribution in [-0.4, -0.2) is 98.8 Å². The minimum atomic E-state index is -4.38. The molecule has 200 valence electrons. The second kappa shape index (κ2) is 15.8. The topological polar surface area (TPSA) is 99.1 Å². The normalized spacial score (nSPS) is 15.9. The summed E-state index contributed by atoms with van der Waals surface area (Å²) in [5, 5.41) is 0. The molecule has 0 aliphatic rings. The van der Waals surface area contributed by atoms with Crippen LogP contribution in [0.5, 0.6) is 0 Å². The van der Waals surface area contributed by atoms with Gasteiger partial charge in [-0.1, -0.05) is 13.0 Å². The summed E-state index contributed by atoms with van der Waals surface area (Å²) < 4.78 is 30.5. The number of unbranched alkanes of at least 4 members (excludes halogenated alkanes) is 2. The molecule has 0 aliphatic carbocycles. The van der Waals surface area contributed by atoms with E-state index in [1.165, 1.54) is 0 Å². The Balaban J connectivity index is 5.05. The van der Waals surface area contributed by atoms with Gasteiger partial charge in [-0.15, -0.1) is 0 Å². The number of quaternary nitrogens is 2. The summed E-state index contributed by atoms with van der Waals surface area (Å²) in [6.45, 7) is 15.2. The maximum absolute atomic E-state index is 12.9. The molecule has 0 aromatic carbocycles. The van der Waals surface area contributed by atoms with Crippen LogP contribution < -0.4 is 0 Å². The van der Waals surface area contributed by atoms with Crippen LogP contribution in [0.1, 0.15) is 59.8 Å². The molecule has 0 radical (unpaired) electrons. The summed E-state index contributed by atoms with van der Waals surface area (Å²) in [5.74, 6) is -0.397. The molecule has 0 heterocycles. The second-order valence-electron chi connectivity index (χ2n) is 10.0. The van der Waals surface area contributed by atoms with Crippen LogP contribution in [0.25, 0.3) is 0 Å². The molecule has 0 rings (SSSR count). The molecule has 0 fully saturated rings. The smallest absolute Gasteiger partial charge is 0.462 e. The van der Waals surface area contributed by atoms with E-state index in [2.05, 4.69) is 27.4 Å². The first-order valence-electron chi connectivity index (χ1n) is 12.3. The van der Waals surface area contributed by atoms with Crippen LogP contribution in [0.4, 0.5) is 0 Å². The van der Waals surface area contributed by atoms with Gasteiger partial charge >= 0.3 is 13.8 Å². The number of rotatable bonds is 20. The lowest BCUT2D eigenvalue weighted by atomic mass is 10.1. The Labute approximate surface area is 206 Å². The van der Waals surface area contributed by atoms with Crippen molar-refractivity contribution in [3.05, 3.63) is 12.2 Å². The number of hydrogen-bond acceptors (Lipinski definition) is 6. The molecule has 0 bridgehead atoms. The van der Waals surface area contributed by atoms with Crippen molar-refractivity contribution in [1.82, 2.24) is 0 Å². The van der Waals surface area contributed by atoms with Crippen molar-refractivity contribution in [3.63, 3.8) is 0 Å². The molecule has 0 spiro atoms. The highest BCUT2D eigenvalue weighted by molar-refractivity contribution is 7.47. The molecule has 3 atom stereocenters. The average molecular weight is 509 g/mol. The minimum absolute atomic E-state index is 0.0385. The highest BCUT2D eigenvalue weighted by Gasteiger charge is 2.36. The lowest BCUT2D eigenvalue weighted by Gasteiger charge is -2.38. The zero-order valence-electron chi connectivity index (χ0n) is 22.5. The van der Waals surface area contributed by atoms with Crippen molar-refractivity contribution in [2.45, 2.75) is 72.0 Å². The van der Waals surface area contributed by atoms with E-state index >= 15 is 0 Å². The second-order valence-corrected chi connectivity index (χ2v) is 11.4. The van der Waals surface area contributed by atoms with E-state index in [4.69, 9.17) is 13.8 Å². The van der Waals surface area contributed by atoms with Crippen LogP contribution in [-0.2, 0) is 27.9 Å². The third-order valence-electron chi connectivity index (χ3n) is 6.03. The summed E-state index contributed by atoms with van der Waals surface area (Å²) >= 11 is 0. The summed E-state index contributed by atoms with van der Waals surface area (Å²) in [5.41, 5.74) is 0.371. The lowest BCUT2D eigenvalue weighted by molar-refractivity contribution is -0.925. The van der Waals surface area contributed by atoms with Gasteiger partial charge in [-0.3, -0.25) is 9.05 Å². The fraction of sp³-hybridized carbons (Fsp3) is 0.833. The molecule has 0 aromatic rings.